The van der Waals surface area contributed by atoms with E-state index in [0.717, 1.165) is 18.5 Å². The van der Waals surface area contributed by atoms with Crippen molar-refractivity contribution < 1.29 is 19.4 Å². The number of nitrogens with zero attached hydrogens (tertiary/aromatic N) is 2. The molecule has 1 amide bonds. The molecular formula is C27H34N2O4. The molecule has 1 unspecified atom stereocenters. The number of ketones is 1. The van der Waals surface area contributed by atoms with Crippen LogP contribution >= 0.6 is 0 Å². The standard InChI is InChI=1S/C27H34N2O4/c1-6-33-22-10-7-9-21(17-22)25(30)23-24(20-13-11-19(12-14-20)18(2)3)29(27(32)26(23)31)16-8-15-28(4)5/h7,9-14,17-18,24,30H,6,8,15-16H2,1-5H3. The van der Waals surface area contributed by atoms with Gasteiger partial charge in [-0.15, -0.1) is 0 Å². The Bertz CT molecular complexity index is 1020. The van der Waals surface area contributed by atoms with Crippen LogP contribution in [0.5, 0.6) is 5.75 Å². The maximum Gasteiger partial charge on any atom is 0.295 e. The highest BCUT2D eigenvalue weighted by atomic mass is 16.5. The Hall–Kier alpha value is -3.12. The SMILES string of the molecule is CCOc1cccc(C(O)=C2C(=O)C(=O)N(CCCN(C)C)C2c2ccc(C(C)C)cc2)c1. The third-order valence-electron chi connectivity index (χ3n) is 5.88. The van der Waals surface area contributed by atoms with Crippen LogP contribution in [-0.4, -0.2) is 60.4 Å². The summed E-state index contributed by atoms with van der Waals surface area (Å²) in [7, 11) is 3.95. The largest absolute Gasteiger partial charge is 0.507 e. The van der Waals surface area contributed by atoms with E-state index >= 15 is 0 Å². The highest BCUT2D eigenvalue weighted by Crippen LogP contribution is 2.40. The van der Waals surface area contributed by atoms with Crippen LogP contribution in [0.4, 0.5) is 0 Å². The van der Waals surface area contributed by atoms with Gasteiger partial charge in [-0.25, -0.2) is 0 Å². The molecule has 1 fully saturated rings. The first-order valence-electron chi connectivity index (χ1n) is 11.5. The van der Waals surface area contributed by atoms with E-state index in [-0.39, 0.29) is 11.3 Å². The minimum Gasteiger partial charge on any atom is -0.507 e. The van der Waals surface area contributed by atoms with Gasteiger partial charge in [0.25, 0.3) is 11.7 Å². The summed E-state index contributed by atoms with van der Waals surface area (Å²) in [5.74, 6) is -0.444. The summed E-state index contributed by atoms with van der Waals surface area (Å²) in [6.45, 7) is 7.82. The Balaban J connectivity index is 2.09. The topological polar surface area (TPSA) is 70.1 Å². The number of benzene rings is 2. The van der Waals surface area contributed by atoms with Gasteiger partial charge in [0, 0.05) is 12.1 Å². The molecular weight excluding hydrogens is 416 g/mol. The second kappa shape index (κ2) is 10.7. The first kappa shape index (κ1) is 24.5. The van der Waals surface area contributed by atoms with E-state index in [1.807, 2.05) is 50.2 Å². The van der Waals surface area contributed by atoms with Crippen molar-refractivity contribution in [2.75, 3.05) is 33.8 Å². The summed E-state index contributed by atoms with van der Waals surface area (Å²) >= 11 is 0. The molecule has 1 saturated heterocycles. The van der Waals surface area contributed by atoms with Gasteiger partial charge in [0.1, 0.15) is 11.5 Å². The Morgan fingerprint density at radius 2 is 1.82 bits per heavy atom. The van der Waals surface area contributed by atoms with Crippen molar-refractivity contribution in [2.45, 2.75) is 39.2 Å². The molecule has 6 heteroatoms. The van der Waals surface area contributed by atoms with Gasteiger partial charge in [0.2, 0.25) is 0 Å². The smallest absolute Gasteiger partial charge is 0.295 e. The number of rotatable bonds is 9. The Labute approximate surface area is 196 Å². The zero-order valence-corrected chi connectivity index (χ0v) is 20.2. The predicted molar refractivity (Wildman–Crippen MR) is 130 cm³/mol. The molecule has 0 bridgehead atoms. The van der Waals surface area contributed by atoms with E-state index in [9.17, 15) is 14.7 Å². The predicted octanol–water partition coefficient (Wildman–Crippen LogP) is 4.58. The summed E-state index contributed by atoms with van der Waals surface area (Å²) in [5, 5.41) is 11.2. The third-order valence-corrected chi connectivity index (χ3v) is 5.88. The lowest BCUT2D eigenvalue weighted by Gasteiger charge is -2.26. The molecule has 0 spiro atoms. The number of amides is 1. The molecule has 1 atom stereocenters. The molecule has 2 aromatic rings. The van der Waals surface area contributed by atoms with Crippen LogP contribution in [0.1, 0.15) is 55.8 Å². The number of ether oxygens (including phenoxy) is 1. The lowest BCUT2D eigenvalue weighted by molar-refractivity contribution is -0.139. The number of hydrogen-bond acceptors (Lipinski definition) is 5. The average Bonchev–Trinajstić information content (AvgIpc) is 3.04. The minimum atomic E-state index is -0.655. The van der Waals surface area contributed by atoms with Crippen LogP contribution in [0.15, 0.2) is 54.1 Å². The Morgan fingerprint density at radius 1 is 1.12 bits per heavy atom. The molecule has 3 rings (SSSR count). The van der Waals surface area contributed by atoms with Crippen LogP contribution in [0.25, 0.3) is 5.76 Å². The molecule has 2 aromatic carbocycles. The van der Waals surface area contributed by atoms with Gasteiger partial charge in [0.05, 0.1) is 18.2 Å². The monoisotopic (exact) mass is 450 g/mol. The summed E-state index contributed by atoms with van der Waals surface area (Å²) in [5.41, 5.74) is 2.56. The van der Waals surface area contributed by atoms with Crippen molar-refractivity contribution in [2.24, 2.45) is 0 Å². The molecule has 1 N–H and O–H groups in total. The minimum absolute atomic E-state index is 0.121. The van der Waals surface area contributed by atoms with Gasteiger partial charge in [-0.1, -0.05) is 50.2 Å². The van der Waals surface area contributed by atoms with E-state index in [1.165, 1.54) is 5.56 Å². The maximum absolute atomic E-state index is 13.1. The number of Topliss-reactive ketones (excluding diaryl/α,β-unsaturated/α-hetero) is 1. The number of hydrogen-bond donors (Lipinski definition) is 1. The lowest BCUT2D eigenvalue weighted by atomic mass is 9.93. The fourth-order valence-electron chi connectivity index (χ4n) is 4.13. The lowest BCUT2D eigenvalue weighted by Crippen LogP contribution is -2.32. The molecule has 0 aliphatic carbocycles. The molecule has 1 heterocycles. The van der Waals surface area contributed by atoms with Crippen LogP contribution in [0.3, 0.4) is 0 Å². The highest BCUT2D eigenvalue weighted by molar-refractivity contribution is 6.46. The van der Waals surface area contributed by atoms with Gasteiger partial charge in [-0.05, 0) is 63.2 Å². The van der Waals surface area contributed by atoms with Crippen LogP contribution in [0.2, 0.25) is 0 Å². The maximum atomic E-state index is 13.1. The number of likely N-dealkylation sites (tertiary alicyclic amines) is 1. The summed E-state index contributed by atoms with van der Waals surface area (Å²) in [6.07, 6.45) is 0.723. The van der Waals surface area contributed by atoms with Crippen molar-refractivity contribution >= 4 is 17.4 Å². The number of carbonyl (C=O) groups is 2. The molecule has 1 aliphatic heterocycles. The van der Waals surface area contributed by atoms with Gasteiger partial charge >= 0.3 is 0 Å². The first-order chi connectivity index (χ1) is 15.7. The fraction of sp³-hybridized carbons (Fsp3) is 0.407. The quantitative estimate of drug-likeness (QED) is 0.344. The van der Waals surface area contributed by atoms with Crippen LogP contribution < -0.4 is 4.74 Å². The van der Waals surface area contributed by atoms with Crippen molar-refractivity contribution in [1.82, 2.24) is 9.80 Å². The second-order valence-corrected chi connectivity index (χ2v) is 8.93. The van der Waals surface area contributed by atoms with E-state index in [2.05, 4.69) is 13.8 Å². The molecule has 33 heavy (non-hydrogen) atoms. The van der Waals surface area contributed by atoms with Gasteiger partial charge < -0.3 is 19.6 Å². The molecule has 0 saturated carbocycles. The molecule has 6 nitrogen and oxygen atoms in total. The van der Waals surface area contributed by atoms with Crippen molar-refractivity contribution in [1.29, 1.82) is 0 Å². The zero-order chi connectivity index (χ0) is 24.1. The number of aliphatic hydroxyl groups is 1. The number of aliphatic hydroxyl groups excluding tert-OH is 1. The summed E-state index contributed by atoms with van der Waals surface area (Å²) in [4.78, 5) is 29.8. The van der Waals surface area contributed by atoms with Gasteiger partial charge in [0.15, 0.2) is 0 Å². The van der Waals surface area contributed by atoms with E-state index < -0.39 is 17.7 Å². The first-order valence-corrected chi connectivity index (χ1v) is 11.5. The van der Waals surface area contributed by atoms with Crippen molar-refractivity contribution in [3.8, 4) is 5.75 Å². The Morgan fingerprint density at radius 3 is 2.42 bits per heavy atom. The second-order valence-electron chi connectivity index (χ2n) is 8.93. The van der Waals surface area contributed by atoms with Gasteiger partial charge in [-0.3, -0.25) is 9.59 Å². The highest BCUT2D eigenvalue weighted by Gasteiger charge is 2.45. The van der Waals surface area contributed by atoms with Crippen molar-refractivity contribution in [3.05, 3.63) is 70.8 Å². The fourth-order valence-corrected chi connectivity index (χ4v) is 4.13. The molecule has 0 radical (unpaired) electrons. The third kappa shape index (κ3) is 5.45. The normalized spacial score (nSPS) is 17.9. The molecule has 176 valence electrons. The van der Waals surface area contributed by atoms with Crippen LogP contribution in [0, 0.1) is 0 Å². The number of carbonyl (C=O) groups excluding carboxylic acids is 2. The Kier molecular flexibility index (Phi) is 7.92. The van der Waals surface area contributed by atoms with Crippen molar-refractivity contribution in [3.63, 3.8) is 0 Å². The van der Waals surface area contributed by atoms with E-state index in [1.54, 1.807) is 29.2 Å². The molecule has 1 aliphatic rings. The van der Waals surface area contributed by atoms with E-state index in [4.69, 9.17) is 4.74 Å². The van der Waals surface area contributed by atoms with E-state index in [0.29, 0.717) is 30.4 Å². The zero-order valence-electron chi connectivity index (χ0n) is 20.2. The van der Waals surface area contributed by atoms with Gasteiger partial charge in [-0.2, -0.15) is 0 Å². The average molecular weight is 451 g/mol. The molecule has 0 aromatic heterocycles. The summed E-state index contributed by atoms with van der Waals surface area (Å²) < 4.78 is 5.55. The summed E-state index contributed by atoms with van der Waals surface area (Å²) in [6, 6.07) is 14.3. The van der Waals surface area contributed by atoms with Crippen LogP contribution in [-0.2, 0) is 9.59 Å².